The Morgan fingerprint density at radius 2 is 1.08 bits per heavy atom. The van der Waals surface area contributed by atoms with Gasteiger partial charge < -0.3 is 5.11 Å². The van der Waals surface area contributed by atoms with Gasteiger partial charge >= 0.3 is 35.8 Å². The number of benzene rings is 2. The molecule has 38 heavy (non-hydrogen) atoms. The van der Waals surface area contributed by atoms with E-state index in [2.05, 4.69) is 0 Å². The fourth-order valence-corrected chi connectivity index (χ4v) is 4.00. The zero-order valence-electron chi connectivity index (χ0n) is 19.5. The second kappa shape index (κ2) is 9.91. The largest absolute Gasteiger partial charge is 0.460 e. The van der Waals surface area contributed by atoms with Crippen LogP contribution in [0, 0.1) is 0 Å². The molecule has 0 bridgehead atoms. The zero-order chi connectivity index (χ0) is 29.6. The number of rotatable bonds is 10. The molecule has 0 spiro atoms. The van der Waals surface area contributed by atoms with Crippen molar-refractivity contribution in [1.29, 1.82) is 0 Å². The van der Waals surface area contributed by atoms with Gasteiger partial charge in [0.25, 0.3) is 0 Å². The number of hydrogen-bond acceptors (Lipinski definition) is 1. The SMILES string of the molecule is CCc1ccccc1C(O)(CC(F)(F)C(F)(F)C(F)(F)C(F)(F)C(F)(F)C(F)(F)F)C(C)c1ccccc1. The molecule has 1 N–H and O–H groups in total. The zero-order valence-corrected chi connectivity index (χ0v) is 19.5. The summed E-state index contributed by atoms with van der Waals surface area (Å²) in [7, 11) is 0. The van der Waals surface area contributed by atoms with Gasteiger partial charge in [0.15, 0.2) is 0 Å². The van der Waals surface area contributed by atoms with Crippen molar-refractivity contribution in [2.24, 2.45) is 0 Å². The fraction of sp³-hybridized carbons (Fsp3) is 0.500. The maximum atomic E-state index is 15.0. The van der Waals surface area contributed by atoms with E-state index in [0.29, 0.717) is 0 Å². The van der Waals surface area contributed by atoms with Crippen LogP contribution in [0.15, 0.2) is 54.6 Å². The van der Waals surface area contributed by atoms with Crippen LogP contribution in [0.5, 0.6) is 0 Å². The lowest BCUT2D eigenvalue weighted by Gasteiger charge is -2.43. The van der Waals surface area contributed by atoms with Crippen LogP contribution in [-0.2, 0) is 12.0 Å². The molecule has 0 saturated heterocycles. The van der Waals surface area contributed by atoms with Crippen molar-refractivity contribution in [3.05, 3.63) is 71.3 Å². The molecule has 214 valence electrons. The van der Waals surface area contributed by atoms with Crippen LogP contribution < -0.4 is 0 Å². The van der Waals surface area contributed by atoms with E-state index in [1.54, 1.807) is 0 Å². The van der Waals surface area contributed by atoms with Gasteiger partial charge in [-0.15, -0.1) is 0 Å². The molecular formula is C24H21F13O. The van der Waals surface area contributed by atoms with Gasteiger partial charge in [-0.1, -0.05) is 68.4 Å². The topological polar surface area (TPSA) is 20.2 Å². The summed E-state index contributed by atoms with van der Waals surface area (Å²) in [5.41, 5.74) is -3.66. The van der Waals surface area contributed by atoms with Crippen LogP contribution in [0.1, 0.15) is 42.9 Å². The van der Waals surface area contributed by atoms with Gasteiger partial charge in [-0.2, -0.15) is 57.1 Å². The van der Waals surface area contributed by atoms with Gasteiger partial charge in [0.1, 0.15) is 5.60 Å². The van der Waals surface area contributed by atoms with Crippen molar-refractivity contribution >= 4 is 0 Å². The summed E-state index contributed by atoms with van der Waals surface area (Å²) in [6.07, 6.45) is -10.3. The highest BCUT2D eigenvalue weighted by atomic mass is 19.4. The van der Waals surface area contributed by atoms with Crippen molar-refractivity contribution in [2.45, 2.75) is 74.0 Å². The highest BCUT2D eigenvalue weighted by molar-refractivity contribution is 5.37. The molecule has 2 atom stereocenters. The third kappa shape index (κ3) is 4.84. The Kier molecular flexibility index (Phi) is 8.27. The monoisotopic (exact) mass is 572 g/mol. The van der Waals surface area contributed by atoms with Gasteiger partial charge in [-0.25, -0.2) is 0 Å². The first-order valence-electron chi connectivity index (χ1n) is 10.8. The fourth-order valence-electron chi connectivity index (χ4n) is 4.00. The van der Waals surface area contributed by atoms with Gasteiger partial charge in [0.05, 0.1) is 6.42 Å². The predicted octanol–water partition coefficient (Wildman–Crippen LogP) is 8.37. The van der Waals surface area contributed by atoms with E-state index in [0.717, 1.165) is 13.0 Å². The molecule has 1 nitrogen and oxygen atoms in total. The first-order valence-corrected chi connectivity index (χ1v) is 10.8. The number of halogens is 13. The van der Waals surface area contributed by atoms with Crippen molar-refractivity contribution in [3.8, 4) is 0 Å². The van der Waals surface area contributed by atoms with Crippen molar-refractivity contribution in [3.63, 3.8) is 0 Å². The van der Waals surface area contributed by atoms with Crippen LogP contribution >= 0.6 is 0 Å². The minimum absolute atomic E-state index is 0.000664. The van der Waals surface area contributed by atoms with E-state index in [-0.39, 0.29) is 17.5 Å². The third-order valence-electron chi connectivity index (χ3n) is 6.37. The normalized spacial score (nSPS) is 16.7. The van der Waals surface area contributed by atoms with Crippen molar-refractivity contribution in [1.82, 2.24) is 0 Å². The second-order valence-electron chi connectivity index (χ2n) is 8.74. The Labute approximate surface area is 208 Å². The van der Waals surface area contributed by atoms with Crippen LogP contribution in [-0.4, -0.2) is 40.9 Å². The molecule has 2 aromatic carbocycles. The Hall–Kier alpha value is -2.51. The lowest BCUT2D eigenvalue weighted by atomic mass is 9.72. The second-order valence-corrected chi connectivity index (χ2v) is 8.74. The van der Waals surface area contributed by atoms with Gasteiger partial charge in [-0.05, 0) is 23.1 Å². The third-order valence-corrected chi connectivity index (χ3v) is 6.37. The van der Waals surface area contributed by atoms with E-state index in [4.69, 9.17) is 0 Å². The summed E-state index contributed by atoms with van der Waals surface area (Å²) >= 11 is 0. The first kappa shape index (κ1) is 31.7. The highest BCUT2D eigenvalue weighted by Crippen LogP contribution is 2.62. The number of alkyl halides is 13. The first-order chi connectivity index (χ1) is 17.0. The lowest BCUT2D eigenvalue weighted by molar-refractivity contribution is -0.441. The Balaban J connectivity index is 2.73. The Bertz CT molecular complexity index is 1100. The number of aryl methyl sites for hydroxylation is 1. The maximum absolute atomic E-state index is 15.0. The molecule has 14 heteroatoms. The standard InChI is InChI=1S/C24H21F13O/c1-3-15-9-7-8-12-17(15)18(38,14(2)16-10-5-4-6-11-16)13-19(25,26)20(27,28)21(29,30)22(31,32)23(33,34)24(35,36)37/h4-12,14,38H,3,13H2,1-2H3. The van der Waals surface area contributed by atoms with Gasteiger partial charge in [0.2, 0.25) is 0 Å². The predicted molar refractivity (Wildman–Crippen MR) is 110 cm³/mol. The number of aliphatic hydroxyl groups is 1. The van der Waals surface area contributed by atoms with Gasteiger partial charge in [0, 0.05) is 5.92 Å². The van der Waals surface area contributed by atoms with E-state index >= 15 is 0 Å². The summed E-state index contributed by atoms with van der Waals surface area (Å²) in [4.78, 5) is 0. The maximum Gasteiger partial charge on any atom is 0.460 e. The summed E-state index contributed by atoms with van der Waals surface area (Å²) in [5.74, 6) is -39.3. The van der Waals surface area contributed by atoms with Crippen LogP contribution in [0.2, 0.25) is 0 Å². The van der Waals surface area contributed by atoms with Crippen LogP contribution in [0.4, 0.5) is 57.1 Å². The summed E-state index contributed by atoms with van der Waals surface area (Å²) in [6, 6.07) is 11.4. The molecule has 0 aliphatic carbocycles. The number of hydrogen-bond donors (Lipinski definition) is 1. The summed E-state index contributed by atoms with van der Waals surface area (Å²) < 4.78 is 178. The molecule has 0 heterocycles. The van der Waals surface area contributed by atoms with E-state index in [1.807, 2.05) is 0 Å². The van der Waals surface area contributed by atoms with Crippen molar-refractivity contribution < 1.29 is 62.2 Å². The van der Waals surface area contributed by atoms with E-state index in [9.17, 15) is 62.2 Å². The van der Waals surface area contributed by atoms with Gasteiger partial charge in [-0.3, -0.25) is 0 Å². The van der Waals surface area contributed by atoms with Crippen LogP contribution in [0.25, 0.3) is 0 Å². The molecule has 0 aliphatic rings. The lowest BCUT2D eigenvalue weighted by Crippen LogP contribution is -2.70. The Morgan fingerprint density at radius 1 is 0.632 bits per heavy atom. The average Bonchev–Trinajstić information content (AvgIpc) is 2.82. The minimum Gasteiger partial charge on any atom is -0.384 e. The average molecular weight is 572 g/mol. The minimum atomic E-state index is -8.00. The molecule has 0 radical (unpaired) electrons. The summed E-state index contributed by atoms with van der Waals surface area (Å²) in [5, 5.41) is 11.4. The highest BCUT2D eigenvalue weighted by Gasteiger charge is 2.90. The molecule has 0 aliphatic heterocycles. The quantitative estimate of drug-likeness (QED) is 0.284. The van der Waals surface area contributed by atoms with E-state index in [1.165, 1.54) is 55.5 Å². The van der Waals surface area contributed by atoms with Crippen LogP contribution in [0.3, 0.4) is 0 Å². The summed E-state index contributed by atoms with van der Waals surface area (Å²) in [6.45, 7) is 2.48. The molecular weight excluding hydrogens is 551 g/mol. The van der Waals surface area contributed by atoms with Crippen molar-refractivity contribution in [2.75, 3.05) is 0 Å². The Morgan fingerprint density at radius 3 is 1.55 bits per heavy atom. The molecule has 2 aromatic rings. The molecule has 0 fully saturated rings. The molecule has 0 saturated carbocycles. The molecule has 2 rings (SSSR count). The van der Waals surface area contributed by atoms with E-state index < -0.39 is 59.3 Å². The molecule has 0 amide bonds. The smallest absolute Gasteiger partial charge is 0.384 e. The molecule has 0 aromatic heterocycles. The molecule has 2 unspecified atom stereocenters.